The molecule has 0 saturated carbocycles. The van der Waals surface area contributed by atoms with Crippen LogP contribution in [0, 0.1) is 12.7 Å². The molecule has 0 fully saturated rings. The van der Waals surface area contributed by atoms with Crippen LogP contribution >= 0.6 is 11.8 Å². The number of halogens is 1. The van der Waals surface area contributed by atoms with Gasteiger partial charge in [-0.3, -0.25) is 0 Å². The first kappa shape index (κ1) is 19.5. The number of thioether (sulfide) groups is 1. The Morgan fingerprint density at radius 3 is 2.48 bits per heavy atom. The smallest absolute Gasteiger partial charge is 0.149 e. The molecular formula is C26H20FN3S. The third-order valence-electron chi connectivity index (χ3n) is 5.20. The molecule has 5 aromatic rings. The highest BCUT2D eigenvalue weighted by atomic mass is 32.2. The minimum Gasteiger partial charge on any atom is -0.301 e. The Morgan fingerprint density at radius 1 is 0.903 bits per heavy atom. The number of aryl methyl sites for hydroxylation is 1. The van der Waals surface area contributed by atoms with Crippen LogP contribution in [0.15, 0.2) is 96.4 Å². The SMILES string of the molecule is Cc1cccc(-n2cc(-c3ccccc3)c3c(SCc4ccc(F)cc4)ncnc32)c1. The van der Waals surface area contributed by atoms with Gasteiger partial charge in [0.15, 0.2) is 0 Å². The summed E-state index contributed by atoms with van der Waals surface area (Å²) in [6, 6.07) is 25.3. The van der Waals surface area contributed by atoms with Crippen LogP contribution in [0.25, 0.3) is 27.8 Å². The van der Waals surface area contributed by atoms with Gasteiger partial charge in [-0.1, -0.05) is 54.6 Å². The molecule has 0 aliphatic carbocycles. The van der Waals surface area contributed by atoms with Crippen LogP contribution in [0.1, 0.15) is 11.1 Å². The quantitative estimate of drug-likeness (QED) is 0.228. The van der Waals surface area contributed by atoms with E-state index in [0.29, 0.717) is 5.75 Å². The van der Waals surface area contributed by atoms with Gasteiger partial charge in [-0.25, -0.2) is 14.4 Å². The van der Waals surface area contributed by atoms with E-state index in [1.807, 2.05) is 30.3 Å². The Bertz CT molecular complexity index is 1340. The fourth-order valence-corrected chi connectivity index (χ4v) is 4.65. The van der Waals surface area contributed by atoms with Crippen LogP contribution in [-0.4, -0.2) is 14.5 Å². The van der Waals surface area contributed by atoms with Crippen LogP contribution in [-0.2, 0) is 5.75 Å². The molecule has 0 N–H and O–H groups in total. The Labute approximate surface area is 184 Å². The van der Waals surface area contributed by atoms with Gasteiger partial charge in [-0.05, 0) is 47.9 Å². The van der Waals surface area contributed by atoms with E-state index in [-0.39, 0.29) is 5.82 Å². The molecule has 31 heavy (non-hydrogen) atoms. The van der Waals surface area contributed by atoms with Crippen molar-refractivity contribution in [2.24, 2.45) is 0 Å². The summed E-state index contributed by atoms with van der Waals surface area (Å²) in [4.78, 5) is 9.26. The maximum atomic E-state index is 13.3. The first-order valence-corrected chi connectivity index (χ1v) is 11.0. The number of aromatic nitrogens is 3. The van der Waals surface area contributed by atoms with Gasteiger partial charge < -0.3 is 4.57 Å². The Hall–Kier alpha value is -3.44. The summed E-state index contributed by atoms with van der Waals surface area (Å²) in [7, 11) is 0. The first-order chi connectivity index (χ1) is 15.2. The fourth-order valence-electron chi connectivity index (χ4n) is 3.69. The van der Waals surface area contributed by atoms with Crippen LogP contribution in [0.5, 0.6) is 0 Å². The van der Waals surface area contributed by atoms with Crippen LogP contribution in [0.2, 0.25) is 0 Å². The molecule has 2 heterocycles. The topological polar surface area (TPSA) is 30.7 Å². The van der Waals surface area contributed by atoms with E-state index >= 15 is 0 Å². The number of fused-ring (bicyclic) bond motifs is 1. The number of benzene rings is 3. The Balaban J connectivity index is 1.65. The normalized spacial score (nSPS) is 11.2. The summed E-state index contributed by atoms with van der Waals surface area (Å²) < 4.78 is 15.4. The van der Waals surface area contributed by atoms with Gasteiger partial charge in [-0.2, -0.15) is 0 Å². The molecule has 0 aliphatic rings. The molecule has 0 atom stereocenters. The molecule has 0 bridgehead atoms. The van der Waals surface area contributed by atoms with E-state index in [9.17, 15) is 4.39 Å². The minimum absolute atomic E-state index is 0.222. The van der Waals surface area contributed by atoms with Crippen LogP contribution < -0.4 is 0 Å². The van der Waals surface area contributed by atoms with Crippen molar-refractivity contribution in [1.82, 2.24) is 14.5 Å². The number of rotatable bonds is 5. The predicted molar refractivity (Wildman–Crippen MR) is 125 cm³/mol. The largest absolute Gasteiger partial charge is 0.301 e. The third kappa shape index (κ3) is 3.97. The molecule has 0 spiro atoms. The summed E-state index contributed by atoms with van der Waals surface area (Å²) in [6.07, 6.45) is 3.77. The summed E-state index contributed by atoms with van der Waals surface area (Å²) in [6.45, 7) is 2.09. The zero-order valence-corrected chi connectivity index (χ0v) is 17.8. The minimum atomic E-state index is -0.222. The molecule has 3 nitrogen and oxygen atoms in total. The predicted octanol–water partition coefficient (Wildman–Crippen LogP) is 6.83. The van der Waals surface area contributed by atoms with Gasteiger partial charge in [0.25, 0.3) is 0 Å². The summed E-state index contributed by atoms with van der Waals surface area (Å²) in [5.41, 5.74) is 6.41. The van der Waals surface area contributed by atoms with Crippen molar-refractivity contribution in [3.05, 3.63) is 108 Å². The summed E-state index contributed by atoms with van der Waals surface area (Å²) >= 11 is 1.64. The molecule has 3 aromatic carbocycles. The van der Waals surface area contributed by atoms with Crippen molar-refractivity contribution in [2.45, 2.75) is 17.7 Å². The molecule has 2 aromatic heterocycles. The maximum absolute atomic E-state index is 13.3. The van der Waals surface area contributed by atoms with Crippen LogP contribution in [0.4, 0.5) is 4.39 Å². The van der Waals surface area contributed by atoms with Gasteiger partial charge in [0.2, 0.25) is 0 Å². The molecule has 5 rings (SSSR count). The standard InChI is InChI=1S/C26H20FN3S/c1-18-6-5-9-22(14-18)30-15-23(20-7-3-2-4-8-20)24-25(30)28-17-29-26(24)31-16-19-10-12-21(27)13-11-19/h2-15,17H,16H2,1H3. The highest BCUT2D eigenvalue weighted by molar-refractivity contribution is 7.98. The number of nitrogens with zero attached hydrogens (tertiary/aromatic N) is 3. The van der Waals surface area contributed by atoms with Crippen molar-refractivity contribution >= 4 is 22.8 Å². The van der Waals surface area contributed by atoms with E-state index in [2.05, 4.69) is 64.1 Å². The van der Waals surface area contributed by atoms with Crippen molar-refractivity contribution in [3.8, 4) is 16.8 Å². The van der Waals surface area contributed by atoms with Gasteiger partial charge in [0, 0.05) is 23.2 Å². The maximum Gasteiger partial charge on any atom is 0.149 e. The molecule has 0 aliphatic heterocycles. The second-order valence-corrected chi connectivity index (χ2v) is 8.37. The lowest BCUT2D eigenvalue weighted by Crippen LogP contribution is -1.95. The van der Waals surface area contributed by atoms with E-state index in [1.165, 1.54) is 17.7 Å². The van der Waals surface area contributed by atoms with E-state index in [1.54, 1.807) is 18.1 Å². The number of hydrogen-bond donors (Lipinski definition) is 0. The van der Waals surface area contributed by atoms with Crippen molar-refractivity contribution in [3.63, 3.8) is 0 Å². The zero-order chi connectivity index (χ0) is 21.2. The van der Waals surface area contributed by atoms with Gasteiger partial charge in [-0.15, -0.1) is 11.8 Å². The van der Waals surface area contributed by atoms with E-state index < -0.39 is 0 Å². The summed E-state index contributed by atoms with van der Waals surface area (Å²) in [5, 5.41) is 1.95. The van der Waals surface area contributed by atoms with Crippen molar-refractivity contribution in [2.75, 3.05) is 0 Å². The lowest BCUT2D eigenvalue weighted by Gasteiger charge is -2.07. The average Bonchev–Trinajstić information content (AvgIpc) is 3.20. The Kier molecular flexibility index (Phi) is 5.26. The highest BCUT2D eigenvalue weighted by Crippen LogP contribution is 2.37. The molecule has 0 unspecified atom stereocenters. The van der Waals surface area contributed by atoms with Gasteiger partial charge in [0.05, 0.1) is 5.39 Å². The van der Waals surface area contributed by atoms with Gasteiger partial charge in [0.1, 0.15) is 22.8 Å². The van der Waals surface area contributed by atoms with Crippen molar-refractivity contribution < 1.29 is 4.39 Å². The first-order valence-electron chi connectivity index (χ1n) is 10.0. The second-order valence-electron chi connectivity index (χ2n) is 7.41. The van der Waals surface area contributed by atoms with Gasteiger partial charge >= 0.3 is 0 Å². The summed E-state index contributed by atoms with van der Waals surface area (Å²) in [5.74, 6) is 0.482. The highest BCUT2D eigenvalue weighted by Gasteiger charge is 2.17. The molecular weight excluding hydrogens is 405 g/mol. The van der Waals surface area contributed by atoms with Crippen LogP contribution in [0.3, 0.4) is 0 Å². The zero-order valence-electron chi connectivity index (χ0n) is 17.0. The average molecular weight is 426 g/mol. The molecule has 152 valence electrons. The van der Waals surface area contributed by atoms with Crippen molar-refractivity contribution in [1.29, 1.82) is 0 Å². The molecule has 5 heteroatoms. The molecule has 0 amide bonds. The Morgan fingerprint density at radius 2 is 1.71 bits per heavy atom. The lowest BCUT2D eigenvalue weighted by molar-refractivity contribution is 0.627. The molecule has 0 radical (unpaired) electrons. The second kappa shape index (κ2) is 8.36. The fraction of sp³-hybridized carbons (Fsp3) is 0.0769. The third-order valence-corrected chi connectivity index (χ3v) is 6.26. The number of hydrogen-bond acceptors (Lipinski definition) is 3. The van der Waals surface area contributed by atoms with E-state index in [4.69, 9.17) is 0 Å². The molecule has 0 saturated heterocycles. The van der Waals surface area contributed by atoms with E-state index in [0.717, 1.165) is 38.4 Å². The monoisotopic (exact) mass is 425 g/mol. The lowest BCUT2D eigenvalue weighted by atomic mass is 10.1.